The number of thiazole rings is 1. The van der Waals surface area contributed by atoms with E-state index in [4.69, 9.17) is 19.2 Å². The molecule has 1 saturated heterocycles. The number of hydrogen-bond donors (Lipinski definition) is 2. The zero-order valence-corrected chi connectivity index (χ0v) is 23.9. The van der Waals surface area contributed by atoms with E-state index in [9.17, 15) is 4.79 Å². The van der Waals surface area contributed by atoms with Crippen LogP contribution in [0.2, 0.25) is 0 Å². The number of pyridine rings is 1. The fourth-order valence-electron chi connectivity index (χ4n) is 4.71. The van der Waals surface area contributed by atoms with Crippen LogP contribution in [0.25, 0.3) is 26.6 Å². The van der Waals surface area contributed by atoms with Crippen LogP contribution in [0.5, 0.6) is 5.88 Å². The molecule has 6 rings (SSSR count). The third-order valence-electron chi connectivity index (χ3n) is 7.17. The van der Waals surface area contributed by atoms with Crippen molar-refractivity contribution in [1.82, 2.24) is 24.4 Å². The van der Waals surface area contributed by atoms with Crippen LogP contribution in [0.3, 0.4) is 0 Å². The van der Waals surface area contributed by atoms with Crippen LogP contribution < -0.4 is 15.4 Å². The summed E-state index contributed by atoms with van der Waals surface area (Å²) in [6, 6.07) is 12.9. The summed E-state index contributed by atoms with van der Waals surface area (Å²) < 4.78 is 13.4. The maximum absolute atomic E-state index is 12.4. The average molecular weight is 560 g/mol. The van der Waals surface area contributed by atoms with E-state index in [-0.39, 0.29) is 5.41 Å². The Morgan fingerprint density at radius 3 is 2.60 bits per heavy atom. The Kier molecular flexibility index (Phi) is 6.93. The molecule has 2 amide bonds. The minimum Gasteiger partial charge on any atom is -0.477 e. The normalized spacial score (nSPS) is 15.1. The van der Waals surface area contributed by atoms with E-state index < -0.39 is 6.03 Å². The number of nitrogens with zero attached hydrogens (tertiary/aromatic N) is 5. The highest BCUT2D eigenvalue weighted by molar-refractivity contribution is 7.23. The van der Waals surface area contributed by atoms with Crippen molar-refractivity contribution in [3.63, 3.8) is 0 Å². The lowest BCUT2D eigenvalue weighted by Gasteiger charge is -2.28. The number of anilines is 2. The maximum Gasteiger partial charge on any atom is 0.324 e. The number of urea groups is 1. The molecule has 0 unspecified atom stereocenters. The molecule has 0 bridgehead atoms. The molecule has 208 valence electrons. The van der Waals surface area contributed by atoms with Gasteiger partial charge in [-0.15, -0.1) is 0 Å². The van der Waals surface area contributed by atoms with Gasteiger partial charge in [-0.2, -0.15) is 0 Å². The zero-order valence-electron chi connectivity index (χ0n) is 23.1. The van der Waals surface area contributed by atoms with Crippen LogP contribution in [0.4, 0.5) is 16.3 Å². The highest BCUT2D eigenvalue weighted by atomic mass is 32.1. The fraction of sp³-hybridized carbons (Fsp3) is 0.379. The van der Waals surface area contributed by atoms with Gasteiger partial charge in [-0.25, -0.2) is 14.8 Å². The van der Waals surface area contributed by atoms with Gasteiger partial charge in [-0.3, -0.25) is 9.72 Å². The number of piperidine rings is 1. The fourth-order valence-corrected chi connectivity index (χ4v) is 5.68. The van der Waals surface area contributed by atoms with Gasteiger partial charge in [0.1, 0.15) is 10.6 Å². The Balaban J connectivity index is 1.09. The second-order valence-corrected chi connectivity index (χ2v) is 12.4. The molecule has 4 aromatic heterocycles. The number of carbonyl (C=O) groups excluding carboxylic acids is 1. The number of carbonyl (C=O) groups is 1. The quantitative estimate of drug-likeness (QED) is 0.253. The van der Waals surface area contributed by atoms with Crippen LogP contribution in [0, 0.1) is 5.92 Å². The Morgan fingerprint density at radius 1 is 1.10 bits per heavy atom. The molecular formula is C29H33N7O3S. The summed E-state index contributed by atoms with van der Waals surface area (Å²) >= 11 is 1.54. The summed E-state index contributed by atoms with van der Waals surface area (Å²) in [6.45, 7) is 9.02. The molecule has 0 aliphatic carbocycles. The first-order valence-electron chi connectivity index (χ1n) is 13.5. The van der Waals surface area contributed by atoms with Crippen molar-refractivity contribution in [2.24, 2.45) is 5.92 Å². The van der Waals surface area contributed by atoms with Gasteiger partial charge in [-0.1, -0.05) is 49.4 Å². The number of ether oxygens (including phenoxy) is 1. The van der Waals surface area contributed by atoms with Crippen molar-refractivity contribution in [3.8, 4) is 17.1 Å². The molecule has 0 atom stereocenters. The van der Waals surface area contributed by atoms with Gasteiger partial charge in [-0.05, 0) is 57.1 Å². The zero-order chi connectivity index (χ0) is 27.9. The number of fused-ring (bicyclic) bond motifs is 3. The number of amides is 2. The molecule has 1 aliphatic rings. The summed E-state index contributed by atoms with van der Waals surface area (Å²) in [7, 11) is 2.17. The summed E-state index contributed by atoms with van der Waals surface area (Å²) in [5, 5.41) is 9.45. The minimum atomic E-state index is -0.391. The molecule has 2 N–H and O–H groups in total. The highest BCUT2D eigenvalue weighted by Gasteiger charge is 2.21. The second kappa shape index (κ2) is 10.5. The van der Waals surface area contributed by atoms with E-state index in [0.29, 0.717) is 35.7 Å². The van der Waals surface area contributed by atoms with Gasteiger partial charge in [0.2, 0.25) is 5.88 Å². The maximum atomic E-state index is 12.4. The van der Waals surface area contributed by atoms with E-state index >= 15 is 0 Å². The van der Waals surface area contributed by atoms with E-state index in [1.165, 1.54) is 12.8 Å². The first-order chi connectivity index (χ1) is 19.2. The van der Waals surface area contributed by atoms with E-state index in [2.05, 4.69) is 32.1 Å². The number of imidazole rings is 1. The van der Waals surface area contributed by atoms with Crippen LogP contribution >= 0.6 is 11.3 Å². The van der Waals surface area contributed by atoms with E-state index in [0.717, 1.165) is 39.7 Å². The molecule has 0 spiro atoms. The van der Waals surface area contributed by atoms with Gasteiger partial charge in [0.15, 0.2) is 10.8 Å². The third-order valence-corrected chi connectivity index (χ3v) is 8.13. The van der Waals surface area contributed by atoms with Crippen LogP contribution in [0.15, 0.2) is 53.2 Å². The summed E-state index contributed by atoms with van der Waals surface area (Å²) in [4.78, 5) is 26.1. The Hall–Kier alpha value is -3.96. The Labute approximate surface area is 236 Å². The lowest BCUT2D eigenvalue weighted by molar-refractivity contribution is 0.157. The molecule has 1 aliphatic heterocycles. The van der Waals surface area contributed by atoms with Crippen molar-refractivity contribution >= 4 is 44.2 Å². The van der Waals surface area contributed by atoms with E-state index in [1.807, 2.05) is 63.4 Å². The van der Waals surface area contributed by atoms with Crippen molar-refractivity contribution in [2.75, 3.05) is 37.4 Å². The Bertz CT molecular complexity index is 1640. The SMILES string of the molecule is CN1CCC(COc2ccc3c(n2)sc2nc(-c4ccc(NC(=O)Nc5cc(C(C)(C)C)on5)cc4)cn23)CC1. The van der Waals surface area contributed by atoms with Gasteiger partial charge in [0.25, 0.3) is 0 Å². The lowest BCUT2D eigenvalue weighted by Crippen LogP contribution is -2.32. The highest BCUT2D eigenvalue weighted by Crippen LogP contribution is 2.31. The van der Waals surface area contributed by atoms with Crippen molar-refractivity contribution in [2.45, 2.75) is 39.0 Å². The molecule has 5 heterocycles. The number of hydrogen-bond acceptors (Lipinski definition) is 8. The van der Waals surface area contributed by atoms with Gasteiger partial charge < -0.3 is 19.5 Å². The van der Waals surface area contributed by atoms with Gasteiger partial charge >= 0.3 is 6.03 Å². The second-order valence-electron chi connectivity index (χ2n) is 11.4. The first kappa shape index (κ1) is 26.3. The molecule has 40 heavy (non-hydrogen) atoms. The summed E-state index contributed by atoms with van der Waals surface area (Å²) in [6.07, 6.45) is 4.35. The smallest absolute Gasteiger partial charge is 0.324 e. The molecule has 0 saturated carbocycles. The molecule has 5 aromatic rings. The number of benzene rings is 1. The molecule has 11 heteroatoms. The topological polar surface area (TPSA) is 110 Å². The van der Waals surface area contributed by atoms with Crippen molar-refractivity contribution < 1.29 is 14.1 Å². The van der Waals surface area contributed by atoms with Crippen LogP contribution in [0.1, 0.15) is 39.4 Å². The molecular weight excluding hydrogens is 526 g/mol. The molecule has 1 aromatic carbocycles. The lowest BCUT2D eigenvalue weighted by atomic mass is 9.93. The number of nitrogens with one attached hydrogen (secondary N) is 2. The third kappa shape index (κ3) is 5.66. The minimum absolute atomic E-state index is 0.187. The van der Waals surface area contributed by atoms with Crippen molar-refractivity contribution in [1.29, 1.82) is 0 Å². The molecule has 0 radical (unpaired) electrons. The average Bonchev–Trinajstić information content (AvgIpc) is 3.63. The first-order valence-corrected chi connectivity index (χ1v) is 14.3. The monoisotopic (exact) mass is 559 g/mol. The standard InChI is InChI=1S/C29H33N7O3S/c1-29(2,3)23-15-24(34-39-23)32-27(37)30-20-7-5-19(6-8-20)21-16-36-22-9-10-25(33-26(22)40-28(36)31-21)38-17-18-11-13-35(4)14-12-18/h5-10,15-16,18H,11-14,17H2,1-4H3,(H2,30,32,34,37). The predicted molar refractivity (Wildman–Crippen MR) is 157 cm³/mol. The molecule has 10 nitrogen and oxygen atoms in total. The predicted octanol–water partition coefficient (Wildman–Crippen LogP) is 6.26. The number of aromatic nitrogens is 4. The van der Waals surface area contributed by atoms with Gasteiger partial charge in [0.05, 0.1) is 17.8 Å². The largest absolute Gasteiger partial charge is 0.477 e. The van der Waals surface area contributed by atoms with E-state index in [1.54, 1.807) is 17.4 Å². The van der Waals surface area contributed by atoms with Crippen LogP contribution in [-0.4, -0.2) is 57.2 Å². The molecule has 1 fully saturated rings. The summed E-state index contributed by atoms with van der Waals surface area (Å²) in [5.41, 5.74) is 3.27. The Morgan fingerprint density at radius 2 is 1.88 bits per heavy atom. The van der Waals surface area contributed by atoms with Crippen molar-refractivity contribution in [3.05, 3.63) is 54.4 Å². The summed E-state index contributed by atoms with van der Waals surface area (Å²) in [5.74, 6) is 2.33. The number of likely N-dealkylation sites (tertiary alicyclic amines) is 1. The van der Waals surface area contributed by atoms with Crippen LogP contribution in [-0.2, 0) is 5.41 Å². The number of rotatable bonds is 6. The van der Waals surface area contributed by atoms with Gasteiger partial charge in [0, 0.05) is 35.0 Å².